The first-order valence-corrected chi connectivity index (χ1v) is 9.34. The molecule has 1 saturated carbocycles. The van der Waals surface area contributed by atoms with E-state index >= 15 is 0 Å². The molecule has 1 fully saturated rings. The molecule has 1 aromatic carbocycles. The van der Waals surface area contributed by atoms with Crippen molar-refractivity contribution in [1.29, 1.82) is 0 Å². The van der Waals surface area contributed by atoms with Crippen LogP contribution < -0.4 is 0 Å². The van der Waals surface area contributed by atoms with Gasteiger partial charge in [0.2, 0.25) is 5.78 Å². The maximum absolute atomic E-state index is 12.6. The highest BCUT2D eigenvalue weighted by Crippen LogP contribution is 2.38. The number of ketones is 1. The minimum Gasteiger partial charge on any atom is -0.452 e. The number of aryl methyl sites for hydroxylation is 2. The fourth-order valence-corrected chi connectivity index (χ4v) is 3.48. The topological polar surface area (TPSA) is 79.0 Å². The van der Waals surface area contributed by atoms with Gasteiger partial charge in [0.25, 0.3) is 0 Å². The molecule has 3 aromatic rings. The van der Waals surface area contributed by atoms with Crippen LogP contribution >= 0.6 is 0 Å². The molecule has 0 saturated heterocycles. The minimum absolute atomic E-state index is 0.111. The zero-order valence-corrected chi connectivity index (χ0v) is 16.2. The summed E-state index contributed by atoms with van der Waals surface area (Å²) in [5.41, 5.74) is 3.92. The molecule has 28 heavy (non-hydrogen) atoms. The number of Topliss-reactive ketones (excluding diaryl/α,β-unsaturated/α-hetero) is 1. The molecule has 0 radical (unpaired) electrons. The van der Waals surface area contributed by atoms with E-state index in [1.165, 1.54) is 4.80 Å². The standard InChI is InChI=1S/C21H22N4O3/c1-13-11-18(15(3)24(13)16-9-10-16)19(26)12-28-21(27)20-14(2)22-25(23-20)17-7-5-4-6-8-17/h4-8,11,16H,9-10,12H2,1-3H3. The van der Waals surface area contributed by atoms with Crippen molar-refractivity contribution >= 4 is 11.8 Å². The minimum atomic E-state index is -0.649. The SMILES string of the molecule is Cc1nn(-c2ccccc2)nc1C(=O)OCC(=O)c1cc(C)n(C2CC2)c1C. The van der Waals surface area contributed by atoms with Gasteiger partial charge in [0.05, 0.1) is 11.4 Å². The third-order valence-electron chi connectivity index (χ3n) is 4.99. The van der Waals surface area contributed by atoms with E-state index in [2.05, 4.69) is 14.8 Å². The van der Waals surface area contributed by atoms with Crippen LogP contribution in [0.3, 0.4) is 0 Å². The summed E-state index contributed by atoms with van der Waals surface area (Å²) in [6.45, 7) is 5.31. The van der Waals surface area contributed by atoms with Crippen LogP contribution in [0.5, 0.6) is 0 Å². The lowest BCUT2D eigenvalue weighted by Crippen LogP contribution is -2.16. The Morgan fingerprint density at radius 3 is 2.50 bits per heavy atom. The number of rotatable bonds is 6. The smallest absolute Gasteiger partial charge is 0.361 e. The van der Waals surface area contributed by atoms with Gasteiger partial charge in [-0.1, -0.05) is 18.2 Å². The second-order valence-corrected chi connectivity index (χ2v) is 7.14. The second-order valence-electron chi connectivity index (χ2n) is 7.14. The number of benzene rings is 1. The predicted octanol–water partition coefficient (Wildman–Crippen LogP) is 3.37. The van der Waals surface area contributed by atoms with E-state index in [0.29, 0.717) is 17.3 Å². The molecule has 7 heteroatoms. The summed E-state index contributed by atoms with van der Waals surface area (Å²) >= 11 is 0. The van der Waals surface area contributed by atoms with Crippen LogP contribution in [0.2, 0.25) is 0 Å². The number of ether oxygens (including phenoxy) is 1. The van der Waals surface area contributed by atoms with Crippen molar-refractivity contribution in [3.8, 4) is 5.69 Å². The Hall–Kier alpha value is -3.22. The molecule has 0 bridgehead atoms. The van der Waals surface area contributed by atoms with E-state index in [1.54, 1.807) is 6.92 Å². The van der Waals surface area contributed by atoms with E-state index < -0.39 is 5.97 Å². The molecule has 0 N–H and O–H groups in total. The molecule has 4 rings (SSSR count). The lowest BCUT2D eigenvalue weighted by molar-refractivity contribution is 0.0467. The summed E-state index contributed by atoms with van der Waals surface area (Å²) in [5, 5.41) is 8.47. The first-order valence-electron chi connectivity index (χ1n) is 9.34. The molecule has 0 unspecified atom stereocenters. The first-order chi connectivity index (χ1) is 13.5. The van der Waals surface area contributed by atoms with Crippen molar-refractivity contribution in [2.45, 2.75) is 39.7 Å². The van der Waals surface area contributed by atoms with Gasteiger partial charge in [-0.15, -0.1) is 5.10 Å². The van der Waals surface area contributed by atoms with Crippen molar-refractivity contribution in [2.75, 3.05) is 6.61 Å². The van der Waals surface area contributed by atoms with Crippen LogP contribution in [0.4, 0.5) is 0 Å². The summed E-state index contributed by atoms with van der Waals surface area (Å²) in [6, 6.07) is 11.7. The molecule has 0 atom stereocenters. The maximum atomic E-state index is 12.6. The lowest BCUT2D eigenvalue weighted by Gasteiger charge is -2.07. The number of hydrogen-bond acceptors (Lipinski definition) is 5. The molecular weight excluding hydrogens is 356 g/mol. The Morgan fingerprint density at radius 1 is 1.11 bits per heavy atom. The van der Waals surface area contributed by atoms with E-state index in [-0.39, 0.29) is 18.1 Å². The summed E-state index contributed by atoms with van der Waals surface area (Å²) in [5.74, 6) is -0.856. The van der Waals surface area contributed by atoms with Crippen LogP contribution in [-0.2, 0) is 4.74 Å². The largest absolute Gasteiger partial charge is 0.452 e. The quantitative estimate of drug-likeness (QED) is 0.485. The Bertz CT molecular complexity index is 1050. The molecular formula is C21H22N4O3. The van der Waals surface area contributed by atoms with Crippen LogP contribution in [0.1, 0.15) is 56.8 Å². The number of hydrogen-bond donors (Lipinski definition) is 0. The van der Waals surface area contributed by atoms with Crippen LogP contribution in [0.15, 0.2) is 36.4 Å². The van der Waals surface area contributed by atoms with Crippen molar-refractivity contribution in [2.24, 2.45) is 0 Å². The molecule has 1 aliphatic carbocycles. The number of esters is 1. The molecule has 2 aromatic heterocycles. The number of nitrogens with zero attached hydrogens (tertiary/aromatic N) is 4. The van der Waals surface area contributed by atoms with Crippen molar-refractivity contribution in [1.82, 2.24) is 19.6 Å². The second kappa shape index (κ2) is 7.07. The van der Waals surface area contributed by atoms with E-state index in [1.807, 2.05) is 50.2 Å². The summed E-state index contributed by atoms with van der Waals surface area (Å²) in [7, 11) is 0. The van der Waals surface area contributed by atoms with E-state index in [4.69, 9.17) is 4.74 Å². The van der Waals surface area contributed by atoms with Crippen molar-refractivity contribution in [3.05, 3.63) is 64.7 Å². The number of carbonyl (C=O) groups is 2. The van der Waals surface area contributed by atoms with Crippen molar-refractivity contribution in [3.63, 3.8) is 0 Å². The number of aromatic nitrogens is 4. The fourth-order valence-electron chi connectivity index (χ4n) is 3.48. The third-order valence-corrected chi connectivity index (χ3v) is 4.99. The monoisotopic (exact) mass is 378 g/mol. The molecule has 0 spiro atoms. The van der Waals surface area contributed by atoms with Gasteiger partial charge in [-0.05, 0) is 51.8 Å². The lowest BCUT2D eigenvalue weighted by atomic mass is 10.1. The van der Waals surface area contributed by atoms with Crippen LogP contribution in [-0.4, -0.2) is 37.9 Å². The average Bonchev–Trinajstić information content (AvgIpc) is 3.37. The van der Waals surface area contributed by atoms with Gasteiger partial charge in [0.1, 0.15) is 0 Å². The highest BCUT2D eigenvalue weighted by Gasteiger charge is 2.28. The van der Waals surface area contributed by atoms with Gasteiger partial charge in [-0.25, -0.2) is 4.79 Å². The zero-order chi connectivity index (χ0) is 19.8. The van der Waals surface area contributed by atoms with Gasteiger partial charge in [-0.3, -0.25) is 4.79 Å². The molecule has 0 amide bonds. The Kier molecular flexibility index (Phi) is 4.58. The predicted molar refractivity (Wildman–Crippen MR) is 103 cm³/mol. The van der Waals surface area contributed by atoms with Gasteiger partial charge >= 0.3 is 5.97 Å². The van der Waals surface area contributed by atoms with Gasteiger partial charge in [-0.2, -0.15) is 9.90 Å². The van der Waals surface area contributed by atoms with Crippen LogP contribution in [0.25, 0.3) is 5.69 Å². The van der Waals surface area contributed by atoms with E-state index in [9.17, 15) is 9.59 Å². The van der Waals surface area contributed by atoms with Crippen molar-refractivity contribution < 1.29 is 14.3 Å². The normalized spacial score (nSPS) is 13.5. The van der Waals surface area contributed by atoms with Gasteiger partial charge < -0.3 is 9.30 Å². The average molecular weight is 378 g/mol. The van der Waals surface area contributed by atoms with E-state index in [0.717, 1.165) is 29.9 Å². The fraction of sp³-hybridized carbons (Fsp3) is 0.333. The van der Waals surface area contributed by atoms with Gasteiger partial charge in [0, 0.05) is 23.0 Å². The molecule has 7 nitrogen and oxygen atoms in total. The third kappa shape index (κ3) is 3.35. The van der Waals surface area contributed by atoms with Gasteiger partial charge in [0.15, 0.2) is 12.3 Å². The summed E-state index contributed by atoms with van der Waals surface area (Å²) in [4.78, 5) is 26.4. The Balaban J connectivity index is 1.46. The molecule has 144 valence electrons. The summed E-state index contributed by atoms with van der Waals surface area (Å²) in [6.07, 6.45) is 2.30. The highest BCUT2D eigenvalue weighted by atomic mass is 16.5. The Labute approximate surface area is 162 Å². The Morgan fingerprint density at radius 2 is 1.82 bits per heavy atom. The number of carbonyl (C=O) groups excluding carboxylic acids is 2. The number of para-hydroxylation sites is 1. The highest BCUT2D eigenvalue weighted by molar-refractivity contribution is 6.00. The first kappa shape index (κ1) is 18.2. The molecule has 1 aliphatic rings. The molecule has 0 aliphatic heterocycles. The molecule has 2 heterocycles. The zero-order valence-electron chi connectivity index (χ0n) is 16.2. The summed E-state index contributed by atoms with van der Waals surface area (Å²) < 4.78 is 7.44. The maximum Gasteiger partial charge on any atom is 0.361 e. The van der Waals surface area contributed by atoms with Crippen LogP contribution in [0, 0.1) is 20.8 Å².